The van der Waals surface area contributed by atoms with Gasteiger partial charge in [0.2, 0.25) is 5.95 Å². The number of fused-ring (bicyclic) bond motifs is 1. The van der Waals surface area contributed by atoms with Gasteiger partial charge in [0.05, 0.1) is 18.2 Å². The number of nitrogen functional groups attached to an aromatic ring is 2. The Morgan fingerprint density at radius 1 is 1.35 bits per heavy atom. The maximum absolute atomic E-state index is 12.7. The van der Waals surface area contributed by atoms with Gasteiger partial charge in [-0.3, -0.25) is 4.79 Å². The van der Waals surface area contributed by atoms with E-state index in [1.807, 2.05) is 6.07 Å². The lowest BCUT2D eigenvalue weighted by Crippen LogP contribution is -2.34. The lowest BCUT2D eigenvalue weighted by atomic mass is 9.76. The molecule has 4 N–H and O–H groups in total. The highest BCUT2D eigenvalue weighted by atomic mass is 16.5. The molecular weight excluding hydrogens is 332 g/mol. The van der Waals surface area contributed by atoms with Crippen LogP contribution in [0.4, 0.5) is 17.6 Å². The standard InChI is InChI=1S/C18H18N6O2/c1-3-26-17(25)12-9(2)22-16-14(15(20)23-18(21)24-16)13(12)11-6-4-5-10(7-11)8-19/h4-7,12-13H,3H2,1-2H3,(H4,20,21,23,24). The molecule has 1 aromatic carbocycles. The van der Waals surface area contributed by atoms with Crippen LogP contribution in [0.1, 0.15) is 36.5 Å². The van der Waals surface area contributed by atoms with Gasteiger partial charge < -0.3 is 16.2 Å². The fraction of sp³-hybridized carbons (Fsp3) is 0.278. The fourth-order valence-corrected chi connectivity index (χ4v) is 3.22. The highest BCUT2D eigenvalue weighted by Gasteiger charge is 2.41. The Morgan fingerprint density at radius 3 is 2.81 bits per heavy atom. The zero-order valence-electron chi connectivity index (χ0n) is 14.4. The van der Waals surface area contributed by atoms with Gasteiger partial charge in [0.25, 0.3) is 0 Å². The summed E-state index contributed by atoms with van der Waals surface area (Å²) < 4.78 is 5.25. The van der Waals surface area contributed by atoms with E-state index in [0.717, 1.165) is 5.56 Å². The number of carbonyl (C=O) groups is 1. The van der Waals surface area contributed by atoms with Gasteiger partial charge in [-0.05, 0) is 31.5 Å². The minimum atomic E-state index is -0.689. The molecule has 3 rings (SSSR count). The molecule has 0 spiro atoms. The van der Waals surface area contributed by atoms with E-state index in [1.165, 1.54) is 0 Å². The third kappa shape index (κ3) is 2.95. The van der Waals surface area contributed by atoms with E-state index in [-0.39, 0.29) is 18.4 Å². The van der Waals surface area contributed by atoms with Crippen molar-refractivity contribution < 1.29 is 9.53 Å². The van der Waals surface area contributed by atoms with Crippen molar-refractivity contribution in [3.8, 4) is 6.07 Å². The summed E-state index contributed by atoms with van der Waals surface area (Å²) in [7, 11) is 0. The third-order valence-electron chi connectivity index (χ3n) is 4.26. The number of hydrogen-bond acceptors (Lipinski definition) is 8. The third-order valence-corrected chi connectivity index (χ3v) is 4.26. The van der Waals surface area contributed by atoms with Crippen LogP contribution in [0.25, 0.3) is 0 Å². The number of nitrogens with two attached hydrogens (primary N) is 2. The first kappa shape index (κ1) is 17.4. The predicted octanol–water partition coefficient (Wildman–Crippen LogP) is 1.93. The van der Waals surface area contributed by atoms with Crippen LogP contribution < -0.4 is 11.5 Å². The van der Waals surface area contributed by atoms with Gasteiger partial charge >= 0.3 is 5.97 Å². The molecule has 8 heteroatoms. The molecule has 132 valence electrons. The van der Waals surface area contributed by atoms with Gasteiger partial charge in [-0.15, -0.1) is 0 Å². The molecule has 0 fully saturated rings. The number of nitriles is 1. The summed E-state index contributed by atoms with van der Waals surface area (Å²) in [5.41, 5.74) is 14.1. The van der Waals surface area contributed by atoms with Crippen molar-refractivity contribution in [2.45, 2.75) is 19.8 Å². The molecule has 0 saturated carbocycles. The number of hydrogen-bond donors (Lipinski definition) is 2. The second-order valence-corrected chi connectivity index (χ2v) is 5.90. The summed E-state index contributed by atoms with van der Waals surface area (Å²) in [6.07, 6.45) is 0. The molecule has 2 unspecified atom stereocenters. The highest BCUT2D eigenvalue weighted by Crippen LogP contribution is 2.44. The number of nitrogens with zero attached hydrogens (tertiary/aromatic N) is 4. The van der Waals surface area contributed by atoms with Crippen molar-refractivity contribution in [1.29, 1.82) is 5.26 Å². The summed E-state index contributed by atoms with van der Waals surface area (Å²) in [5, 5.41) is 9.23. The van der Waals surface area contributed by atoms with E-state index < -0.39 is 17.8 Å². The predicted molar refractivity (Wildman–Crippen MR) is 96.7 cm³/mol. The summed E-state index contributed by atoms with van der Waals surface area (Å²) >= 11 is 0. The summed E-state index contributed by atoms with van der Waals surface area (Å²) in [6, 6.07) is 9.10. The molecule has 26 heavy (non-hydrogen) atoms. The lowest BCUT2D eigenvalue weighted by Gasteiger charge is -2.31. The monoisotopic (exact) mass is 350 g/mol. The Hall–Kier alpha value is -3.47. The van der Waals surface area contributed by atoms with Gasteiger partial charge in [0, 0.05) is 17.2 Å². The van der Waals surface area contributed by atoms with E-state index in [9.17, 15) is 10.1 Å². The second kappa shape index (κ2) is 6.80. The average Bonchev–Trinajstić information content (AvgIpc) is 2.60. The van der Waals surface area contributed by atoms with Gasteiger partial charge in [0.15, 0.2) is 5.82 Å². The molecule has 0 radical (unpaired) electrons. The molecule has 0 aliphatic carbocycles. The van der Waals surface area contributed by atoms with Crippen molar-refractivity contribution in [2.24, 2.45) is 10.9 Å². The quantitative estimate of drug-likeness (QED) is 0.806. The zero-order valence-corrected chi connectivity index (χ0v) is 14.4. The van der Waals surface area contributed by atoms with E-state index in [4.69, 9.17) is 16.2 Å². The van der Waals surface area contributed by atoms with Crippen LogP contribution in [-0.2, 0) is 9.53 Å². The Kier molecular flexibility index (Phi) is 4.54. The minimum Gasteiger partial charge on any atom is -0.465 e. The van der Waals surface area contributed by atoms with E-state index >= 15 is 0 Å². The molecule has 0 amide bonds. The van der Waals surface area contributed by atoms with Gasteiger partial charge in [-0.1, -0.05) is 12.1 Å². The topological polar surface area (TPSA) is 140 Å². The first-order valence-corrected chi connectivity index (χ1v) is 8.11. The van der Waals surface area contributed by atoms with Crippen LogP contribution in [0.15, 0.2) is 29.3 Å². The zero-order chi connectivity index (χ0) is 18.8. The van der Waals surface area contributed by atoms with Crippen LogP contribution in [0.5, 0.6) is 0 Å². The molecule has 2 aromatic rings. The van der Waals surface area contributed by atoms with Gasteiger partial charge in [-0.25, -0.2) is 4.99 Å². The summed E-state index contributed by atoms with van der Waals surface area (Å²) in [4.78, 5) is 25.3. The molecule has 2 atom stereocenters. The maximum atomic E-state index is 12.7. The van der Waals surface area contributed by atoms with Crippen molar-refractivity contribution in [3.63, 3.8) is 0 Å². The number of aliphatic imine (C=N–C) groups is 1. The fourth-order valence-electron chi connectivity index (χ4n) is 3.22. The number of benzene rings is 1. The smallest absolute Gasteiger partial charge is 0.315 e. The number of anilines is 2. The van der Waals surface area contributed by atoms with E-state index in [0.29, 0.717) is 22.7 Å². The Balaban J connectivity index is 2.26. The Labute approximate surface area is 150 Å². The van der Waals surface area contributed by atoms with E-state index in [2.05, 4.69) is 21.0 Å². The van der Waals surface area contributed by atoms with Gasteiger partial charge in [0.1, 0.15) is 11.7 Å². The molecule has 1 aromatic heterocycles. The molecular formula is C18H18N6O2. The largest absolute Gasteiger partial charge is 0.465 e. The molecule has 2 heterocycles. The Bertz CT molecular complexity index is 947. The first-order chi connectivity index (χ1) is 12.5. The van der Waals surface area contributed by atoms with Crippen LogP contribution >= 0.6 is 0 Å². The van der Waals surface area contributed by atoms with E-state index in [1.54, 1.807) is 32.0 Å². The normalized spacial score (nSPS) is 18.4. The molecule has 0 bridgehead atoms. The number of ether oxygens (including phenoxy) is 1. The summed E-state index contributed by atoms with van der Waals surface area (Å²) in [5.74, 6) is -1.12. The van der Waals surface area contributed by atoms with Crippen LogP contribution in [0.2, 0.25) is 0 Å². The number of rotatable bonds is 3. The van der Waals surface area contributed by atoms with Crippen molar-refractivity contribution >= 4 is 29.3 Å². The second-order valence-electron chi connectivity index (χ2n) is 5.90. The van der Waals surface area contributed by atoms with Crippen molar-refractivity contribution in [1.82, 2.24) is 9.97 Å². The lowest BCUT2D eigenvalue weighted by molar-refractivity contribution is -0.146. The van der Waals surface area contributed by atoms with Crippen molar-refractivity contribution in [2.75, 3.05) is 18.1 Å². The number of esters is 1. The maximum Gasteiger partial charge on any atom is 0.315 e. The molecule has 0 saturated heterocycles. The molecule has 1 aliphatic rings. The first-order valence-electron chi connectivity index (χ1n) is 8.11. The summed E-state index contributed by atoms with van der Waals surface area (Å²) in [6.45, 7) is 3.72. The average molecular weight is 350 g/mol. The SMILES string of the molecule is CCOC(=O)C1C(C)=Nc2nc(N)nc(N)c2C1c1cccc(C#N)c1. The number of carbonyl (C=O) groups excluding carboxylic acids is 1. The highest BCUT2D eigenvalue weighted by molar-refractivity contribution is 6.05. The van der Waals surface area contributed by atoms with Crippen molar-refractivity contribution in [3.05, 3.63) is 41.0 Å². The van der Waals surface area contributed by atoms with Crippen LogP contribution in [0.3, 0.4) is 0 Å². The molecule has 1 aliphatic heterocycles. The minimum absolute atomic E-state index is 0.0110. The van der Waals surface area contributed by atoms with Gasteiger partial charge in [-0.2, -0.15) is 15.2 Å². The Morgan fingerprint density at radius 2 is 2.12 bits per heavy atom. The number of aromatic nitrogens is 2. The molecule has 8 nitrogen and oxygen atoms in total. The van der Waals surface area contributed by atoms with Crippen LogP contribution in [-0.4, -0.2) is 28.3 Å². The van der Waals surface area contributed by atoms with Crippen LogP contribution in [0, 0.1) is 17.2 Å².